The van der Waals surface area contributed by atoms with Crippen LogP contribution in [0.4, 0.5) is 0 Å². The van der Waals surface area contributed by atoms with E-state index in [-0.39, 0.29) is 5.92 Å². The van der Waals surface area contributed by atoms with Gasteiger partial charge in [0.15, 0.2) is 0 Å². The van der Waals surface area contributed by atoms with Crippen molar-refractivity contribution in [3.05, 3.63) is 36.5 Å². The number of carboxylic acids is 1. The maximum Gasteiger partial charge on any atom is 0.310 e. The number of carbonyl (C=O) groups is 1. The third kappa shape index (κ3) is 11.0. The van der Waals surface area contributed by atoms with Gasteiger partial charge in [0.05, 0.1) is 5.92 Å². The minimum absolute atomic E-state index is 0.371. The Bertz CT molecular complexity index is 275. The third-order valence-electron chi connectivity index (χ3n) is 2.40. The summed E-state index contributed by atoms with van der Waals surface area (Å²) in [6, 6.07) is 0. The van der Waals surface area contributed by atoms with Gasteiger partial charge in [-0.3, -0.25) is 4.79 Å². The second kappa shape index (κ2) is 11.2. The molecule has 0 fully saturated rings. The Labute approximate surface area is 105 Å². The Hall–Kier alpha value is -1.31. The standard InChI is InChI=1S/C15H24O2/c1-3-4-5-6-7-8-9-10-11-12-13-14(2)15(16)17/h4-5,7-8,12-14H,3,6,9-11H2,1-2H3,(H,16,17)/b5-4-,8-7-,13-12+. The van der Waals surface area contributed by atoms with Gasteiger partial charge in [0.1, 0.15) is 0 Å². The van der Waals surface area contributed by atoms with E-state index in [0.717, 1.165) is 32.1 Å². The first-order valence-corrected chi connectivity index (χ1v) is 6.38. The lowest BCUT2D eigenvalue weighted by Crippen LogP contribution is -2.05. The van der Waals surface area contributed by atoms with Crippen LogP contribution in [0.3, 0.4) is 0 Å². The largest absolute Gasteiger partial charge is 0.481 e. The van der Waals surface area contributed by atoms with Gasteiger partial charge >= 0.3 is 5.97 Å². The summed E-state index contributed by atoms with van der Waals surface area (Å²) in [6.07, 6.45) is 17.6. The zero-order valence-electron chi connectivity index (χ0n) is 10.9. The van der Waals surface area contributed by atoms with Gasteiger partial charge in [-0.2, -0.15) is 0 Å². The Morgan fingerprint density at radius 2 is 1.76 bits per heavy atom. The molecule has 1 N–H and O–H groups in total. The van der Waals surface area contributed by atoms with Crippen molar-refractivity contribution in [2.24, 2.45) is 5.92 Å². The van der Waals surface area contributed by atoms with E-state index >= 15 is 0 Å². The lowest BCUT2D eigenvalue weighted by molar-refractivity contribution is -0.139. The molecule has 0 aliphatic heterocycles. The number of allylic oxidation sites excluding steroid dienone is 5. The molecule has 0 radical (unpaired) electrons. The molecule has 2 heteroatoms. The van der Waals surface area contributed by atoms with Crippen LogP contribution < -0.4 is 0 Å². The predicted molar refractivity (Wildman–Crippen MR) is 73.0 cm³/mol. The number of aliphatic carboxylic acids is 1. The zero-order valence-corrected chi connectivity index (χ0v) is 10.9. The maximum atomic E-state index is 10.5. The van der Waals surface area contributed by atoms with Crippen LogP contribution in [0, 0.1) is 5.92 Å². The molecule has 2 nitrogen and oxygen atoms in total. The van der Waals surface area contributed by atoms with E-state index in [1.165, 1.54) is 0 Å². The van der Waals surface area contributed by atoms with Crippen LogP contribution in [0.1, 0.15) is 46.0 Å². The zero-order chi connectivity index (χ0) is 12.9. The molecule has 0 rings (SSSR count). The van der Waals surface area contributed by atoms with Gasteiger partial charge in [-0.1, -0.05) is 43.4 Å². The van der Waals surface area contributed by atoms with E-state index in [2.05, 4.69) is 31.2 Å². The Balaban J connectivity index is 3.46. The highest BCUT2D eigenvalue weighted by Gasteiger charge is 2.04. The molecule has 0 saturated heterocycles. The van der Waals surface area contributed by atoms with Gasteiger partial charge in [-0.25, -0.2) is 0 Å². The molecule has 0 aliphatic rings. The normalized spacial score (nSPS) is 14.0. The van der Waals surface area contributed by atoms with E-state index in [1.807, 2.05) is 6.08 Å². The topological polar surface area (TPSA) is 37.3 Å². The first-order valence-electron chi connectivity index (χ1n) is 6.38. The van der Waals surface area contributed by atoms with Crippen LogP contribution in [0.2, 0.25) is 0 Å². The van der Waals surface area contributed by atoms with E-state index in [9.17, 15) is 4.79 Å². The van der Waals surface area contributed by atoms with Crippen molar-refractivity contribution in [1.82, 2.24) is 0 Å². The Morgan fingerprint density at radius 1 is 1.12 bits per heavy atom. The summed E-state index contributed by atoms with van der Waals surface area (Å²) in [5.41, 5.74) is 0. The molecule has 17 heavy (non-hydrogen) atoms. The molecule has 0 heterocycles. The van der Waals surface area contributed by atoms with E-state index in [0.29, 0.717) is 0 Å². The number of hydrogen-bond donors (Lipinski definition) is 1. The van der Waals surface area contributed by atoms with Crippen molar-refractivity contribution in [2.45, 2.75) is 46.0 Å². The van der Waals surface area contributed by atoms with Gasteiger partial charge < -0.3 is 5.11 Å². The minimum atomic E-state index is -0.760. The molecule has 0 saturated carbocycles. The lowest BCUT2D eigenvalue weighted by Gasteiger charge is -1.96. The second-order valence-electron chi connectivity index (χ2n) is 4.07. The van der Waals surface area contributed by atoms with Crippen LogP contribution in [0.5, 0.6) is 0 Å². The highest BCUT2D eigenvalue weighted by atomic mass is 16.4. The summed E-state index contributed by atoms with van der Waals surface area (Å²) >= 11 is 0. The molecular formula is C15H24O2. The van der Waals surface area contributed by atoms with Crippen LogP contribution in [-0.2, 0) is 4.79 Å². The Kier molecular flexibility index (Phi) is 10.3. The first kappa shape index (κ1) is 15.7. The van der Waals surface area contributed by atoms with Gasteiger partial charge in [-0.15, -0.1) is 0 Å². The number of carboxylic acid groups (broad SMARTS) is 1. The molecule has 0 aliphatic carbocycles. The summed E-state index contributed by atoms with van der Waals surface area (Å²) in [7, 11) is 0. The molecule has 1 unspecified atom stereocenters. The minimum Gasteiger partial charge on any atom is -0.481 e. The van der Waals surface area contributed by atoms with E-state index in [1.54, 1.807) is 13.0 Å². The van der Waals surface area contributed by atoms with Crippen LogP contribution in [0.25, 0.3) is 0 Å². The van der Waals surface area contributed by atoms with Crippen LogP contribution in [-0.4, -0.2) is 11.1 Å². The van der Waals surface area contributed by atoms with Crippen molar-refractivity contribution in [2.75, 3.05) is 0 Å². The van der Waals surface area contributed by atoms with Crippen molar-refractivity contribution < 1.29 is 9.90 Å². The predicted octanol–water partition coefficient (Wildman–Crippen LogP) is 4.35. The molecule has 0 aromatic heterocycles. The Morgan fingerprint density at radius 3 is 2.41 bits per heavy atom. The molecule has 1 atom stereocenters. The first-order chi connectivity index (χ1) is 8.18. The van der Waals surface area contributed by atoms with Crippen LogP contribution in [0.15, 0.2) is 36.5 Å². The SMILES string of the molecule is CC/C=C\C/C=C\CCC/C=C/C(C)C(=O)O. The number of rotatable bonds is 9. The van der Waals surface area contributed by atoms with Crippen molar-refractivity contribution in [3.63, 3.8) is 0 Å². The fourth-order valence-electron chi connectivity index (χ4n) is 1.29. The third-order valence-corrected chi connectivity index (χ3v) is 2.40. The van der Waals surface area contributed by atoms with E-state index < -0.39 is 5.97 Å². The molecule has 0 amide bonds. The van der Waals surface area contributed by atoms with Crippen LogP contribution >= 0.6 is 0 Å². The van der Waals surface area contributed by atoms with Gasteiger partial charge in [0.25, 0.3) is 0 Å². The summed E-state index contributed by atoms with van der Waals surface area (Å²) < 4.78 is 0. The fraction of sp³-hybridized carbons (Fsp3) is 0.533. The maximum absolute atomic E-state index is 10.5. The molecular weight excluding hydrogens is 212 g/mol. The monoisotopic (exact) mass is 236 g/mol. The molecule has 0 aromatic rings. The van der Waals surface area contributed by atoms with Crippen molar-refractivity contribution in [1.29, 1.82) is 0 Å². The fourth-order valence-corrected chi connectivity index (χ4v) is 1.29. The number of hydrogen-bond acceptors (Lipinski definition) is 1. The van der Waals surface area contributed by atoms with Gasteiger partial charge in [0, 0.05) is 0 Å². The van der Waals surface area contributed by atoms with Gasteiger partial charge in [0.2, 0.25) is 0 Å². The van der Waals surface area contributed by atoms with Gasteiger partial charge in [-0.05, 0) is 39.0 Å². The second-order valence-corrected chi connectivity index (χ2v) is 4.07. The molecule has 96 valence electrons. The number of unbranched alkanes of at least 4 members (excludes halogenated alkanes) is 2. The average molecular weight is 236 g/mol. The lowest BCUT2D eigenvalue weighted by atomic mass is 10.1. The van der Waals surface area contributed by atoms with E-state index in [4.69, 9.17) is 5.11 Å². The molecule has 0 bridgehead atoms. The highest BCUT2D eigenvalue weighted by Crippen LogP contribution is 2.03. The molecule has 0 aromatic carbocycles. The summed E-state index contributed by atoms with van der Waals surface area (Å²) in [4.78, 5) is 10.5. The molecule has 0 spiro atoms. The quantitative estimate of drug-likeness (QED) is 0.477. The van der Waals surface area contributed by atoms with Crippen molar-refractivity contribution in [3.8, 4) is 0 Å². The summed E-state index contributed by atoms with van der Waals surface area (Å²) in [5.74, 6) is -1.13. The van der Waals surface area contributed by atoms with Crippen molar-refractivity contribution >= 4 is 5.97 Å². The summed E-state index contributed by atoms with van der Waals surface area (Å²) in [5, 5.41) is 8.66. The average Bonchev–Trinajstić information content (AvgIpc) is 2.31. The highest BCUT2D eigenvalue weighted by molar-refractivity contribution is 5.71. The summed E-state index contributed by atoms with van der Waals surface area (Å²) in [6.45, 7) is 3.82. The smallest absolute Gasteiger partial charge is 0.310 e.